The van der Waals surface area contributed by atoms with Gasteiger partial charge in [-0.3, -0.25) is 0 Å². The number of benzene rings is 2. The average molecular weight is 342 g/mol. The predicted octanol–water partition coefficient (Wildman–Crippen LogP) is 2.92. The van der Waals surface area contributed by atoms with Crippen molar-refractivity contribution in [2.75, 3.05) is 7.11 Å². The molecule has 116 valence electrons. The second kappa shape index (κ2) is 6.67. The number of halogens is 1. The Morgan fingerprint density at radius 3 is 2.41 bits per heavy atom. The normalized spacial score (nSPS) is 11.5. The highest BCUT2D eigenvalue weighted by Crippen LogP contribution is 2.30. The van der Waals surface area contributed by atoms with E-state index >= 15 is 0 Å². The van der Waals surface area contributed by atoms with Crippen LogP contribution in [0, 0.1) is 0 Å². The summed E-state index contributed by atoms with van der Waals surface area (Å²) in [6.45, 7) is 0. The summed E-state index contributed by atoms with van der Waals surface area (Å²) in [7, 11) is -2.64. The summed E-state index contributed by atoms with van der Waals surface area (Å²) in [5.41, 5.74) is 0.524. The molecule has 0 aromatic heterocycles. The lowest BCUT2D eigenvalue weighted by molar-refractivity contribution is 0.322. The molecule has 0 atom stereocenters. The Morgan fingerprint density at radius 2 is 1.82 bits per heavy atom. The third kappa shape index (κ3) is 3.69. The number of rotatable bonds is 5. The maximum absolute atomic E-state index is 12.2. The minimum absolute atomic E-state index is 0.0209. The fraction of sp³-hybridized carbons (Fsp3) is 0.0714. The first-order valence-electron chi connectivity index (χ1n) is 6.02. The summed E-state index contributed by atoms with van der Waals surface area (Å²) in [5.74, 6) is 0.211. The molecule has 0 amide bonds. The number of hydrogen-bond acceptors (Lipinski definition) is 6. The van der Waals surface area contributed by atoms with E-state index in [0.717, 1.165) is 0 Å². The topological polar surface area (TPSA) is 85.2 Å². The standard InChI is InChI=1S/C14H12ClNO5S/c1-20-14-8-10(9-16-17)2-7-13(14)21-22(18,19)12-5-3-11(15)4-6-12/h2-9,17H,1H3/b16-9+. The Bertz CT molecular complexity index is 787. The van der Waals surface area contributed by atoms with Gasteiger partial charge in [-0.15, -0.1) is 0 Å². The molecule has 1 N–H and O–H groups in total. The molecule has 6 nitrogen and oxygen atoms in total. The molecule has 0 spiro atoms. The molecule has 2 aromatic rings. The van der Waals surface area contributed by atoms with E-state index in [9.17, 15) is 8.42 Å². The summed E-state index contributed by atoms with van der Waals surface area (Å²) >= 11 is 5.73. The molecule has 0 fully saturated rings. The van der Waals surface area contributed by atoms with Gasteiger partial charge in [-0.25, -0.2) is 0 Å². The van der Waals surface area contributed by atoms with Crippen molar-refractivity contribution in [2.24, 2.45) is 5.16 Å². The SMILES string of the molecule is COc1cc(/C=N/O)ccc1OS(=O)(=O)c1ccc(Cl)cc1. The Balaban J connectivity index is 2.35. The summed E-state index contributed by atoms with van der Waals surface area (Å²) < 4.78 is 34.6. The molecular formula is C14H12ClNO5S. The number of hydrogen-bond donors (Lipinski definition) is 1. The van der Waals surface area contributed by atoms with Crippen LogP contribution in [-0.4, -0.2) is 26.9 Å². The molecule has 0 saturated carbocycles. The van der Waals surface area contributed by atoms with Crippen LogP contribution in [0.25, 0.3) is 0 Å². The Kier molecular flexibility index (Phi) is 4.89. The zero-order chi connectivity index (χ0) is 16.2. The van der Waals surface area contributed by atoms with Crippen molar-refractivity contribution in [3.63, 3.8) is 0 Å². The van der Waals surface area contributed by atoms with Crippen LogP contribution in [0.5, 0.6) is 11.5 Å². The number of ether oxygens (including phenoxy) is 1. The van der Waals surface area contributed by atoms with Gasteiger partial charge in [-0.2, -0.15) is 8.42 Å². The quantitative estimate of drug-likeness (QED) is 0.391. The molecule has 0 aliphatic heterocycles. The fourth-order valence-electron chi connectivity index (χ4n) is 1.67. The van der Waals surface area contributed by atoms with Gasteiger partial charge in [-0.1, -0.05) is 16.8 Å². The van der Waals surface area contributed by atoms with E-state index in [-0.39, 0.29) is 16.4 Å². The van der Waals surface area contributed by atoms with E-state index in [1.54, 1.807) is 0 Å². The molecule has 2 aromatic carbocycles. The van der Waals surface area contributed by atoms with Crippen LogP contribution in [0.15, 0.2) is 52.5 Å². The van der Waals surface area contributed by atoms with Gasteiger partial charge >= 0.3 is 10.1 Å². The Morgan fingerprint density at radius 1 is 1.14 bits per heavy atom. The van der Waals surface area contributed by atoms with Crippen molar-refractivity contribution in [1.29, 1.82) is 0 Å². The Hall–Kier alpha value is -2.25. The van der Waals surface area contributed by atoms with Crippen LogP contribution in [0.3, 0.4) is 0 Å². The number of nitrogens with zero attached hydrogens (tertiary/aromatic N) is 1. The van der Waals surface area contributed by atoms with Gasteiger partial charge in [-0.05, 0) is 42.5 Å². The van der Waals surface area contributed by atoms with Gasteiger partial charge in [0.15, 0.2) is 11.5 Å². The van der Waals surface area contributed by atoms with Crippen LogP contribution in [0.1, 0.15) is 5.56 Å². The molecule has 2 rings (SSSR count). The third-order valence-electron chi connectivity index (χ3n) is 2.70. The first-order chi connectivity index (χ1) is 10.5. The van der Waals surface area contributed by atoms with Gasteiger partial charge in [0.2, 0.25) is 0 Å². The molecule has 0 aliphatic rings. The van der Waals surface area contributed by atoms with Crippen molar-refractivity contribution >= 4 is 27.9 Å². The van der Waals surface area contributed by atoms with E-state index in [2.05, 4.69) is 5.16 Å². The summed E-state index contributed by atoms with van der Waals surface area (Å²) in [5, 5.41) is 11.8. The largest absolute Gasteiger partial charge is 0.493 e. The molecule has 22 heavy (non-hydrogen) atoms. The van der Waals surface area contributed by atoms with Crippen molar-refractivity contribution < 1.29 is 22.5 Å². The van der Waals surface area contributed by atoms with Crippen LogP contribution in [0.2, 0.25) is 5.02 Å². The fourth-order valence-corrected chi connectivity index (χ4v) is 2.73. The summed E-state index contributed by atoms with van der Waals surface area (Å²) in [6.07, 6.45) is 1.18. The molecule has 0 radical (unpaired) electrons. The van der Waals surface area contributed by atoms with Crippen molar-refractivity contribution in [2.45, 2.75) is 4.90 Å². The molecule has 0 aliphatic carbocycles. The summed E-state index contributed by atoms with van der Waals surface area (Å²) in [6, 6.07) is 10.0. The molecule has 0 bridgehead atoms. The summed E-state index contributed by atoms with van der Waals surface area (Å²) in [4.78, 5) is -0.0278. The number of oxime groups is 1. The van der Waals surface area contributed by atoms with Gasteiger partial charge < -0.3 is 14.1 Å². The van der Waals surface area contributed by atoms with Crippen molar-refractivity contribution in [3.8, 4) is 11.5 Å². The predicted molar refractivity (Wildman–Crippen MR) is 81.6 cm³/mol. The van der Waals surface area contributed by atoms with Crippen molar-refractivity contribution in [3.05, 3.63) is 53.1 Å². The van der Waals surface area contributed by atoms with E-state index in [1.807, 2.05) is 0 Å². The Labute approximate surface area is 132 Å². The lowest BCUT2D eigenvalue weighted by atomic mass is 10.2. The monoisotopic (exact) mass is 341 g/mol. The van der Waals surface area contributed by atoms with E-state index in [1.165, 1.54) is 55.8 Å². The minimum atomic E-state index is -4.01. The zero-order valence-electron chi connectivity index (χ0n) is 11.4. The van der Waals surface area contributed by atoms with Gasteiger partial charge in [0, 0.05) is 10.6 Å². The maximum Gasteiger partial charge on any atom is 0.339 e. The van der Waals surface area contributed by atoms with Crippen LogP contribution in [0.4, 0.5) is 0 Å². The second-order valence-corrected chi connectivity index (χ2v) is 6.13. The maximum atomic E-state index is 12.2. The number of methoxy groups -OCH3 is 1. The highest BCUT2D eigenvalue weighted by atomic mass is 35.5. The average Bonchev–Trinajstić information content (AvgIpc) is 2.49. The van der Waals surface area contributed by atoms with Crippen LogP contribution >= 0.6 is 11.6 Å². The van der Waals surface area contributed by atoms with E-state index in [4.69, 9.17) is 25.7 Å². The van der Waals surface area contributed by atoms with Gasteiger partial charge in [0.05, 0.1) is 13.3 Å². The van der Waals surface area contributed by atoms with Gasteiger partial charge in [0.25, 0.3) is 0 Å². The zero-order valence-corrected chi connectivity index (χ0v) is 13.0. The molecule has 0 unspecified atom stereocenters. The first kappa shape index (κ1) is 16.1. The third-order valence-corrected chi connectivity index (χ3v) is 4.20. The van der Waals surface area contributed by atoms with Crippen molar-refractivity contribution in [1.82, 2.24) is 0 Å². The minimum Gasteiger partial charge on any atom is -0.493 e. The lowest BCUT2D eigenvalue weighted by Gasteiger charge is -2.11. The second-order valence-electron chi connectivity index (χ2n) is 4.15. The first-order valence-corrected chi connectivity index (χ1v) is 7.80. The smallest absolute Gasteiger partial charge is 0.339 e. The molecular weight excluding hydrogens is 330 g/mol. The van der Waals surface area contributed by atoms with E-state index < -0.39 is 10.1 Å². The molecule has 0 heterocycles. The van der Waals surface area contributed by atoms with E-state index in [0.29, 0.717) is 10.6 Å². The lowest BCUT2D eigenvalue weighted by Crippen LogP contribution is -2.10. The van der Waals surface area contributed by atoms with Gasteiger partial charge in [0.1, 0.15) is 4.90 Å². The van der Waals surface area contributed by atoms with Crippen LogP contribution < -0.4 is 8.92 Å². The van der Waals surface area contributed by atoms with Crippen LogP contribution in [-0.2, 0) is 10.1 Å². The molecule has 8 heteroatoms. The highest BCUT2D eigenvalue weighted by molar-refractivity contribution is 7.87. The molecule has 0 saturated heterocycles. The highest BCUT2D eigenvalue weighted by Gasteiger charge is 2.19.